The molecule has 1 fully saturated rings. The van der Waals surface area contributed by atoms with E-state index in [1.807, 2.05) is 53.7 Å². The minimum Gasteiger partial charge on any atom is -0.462 e. The molecule has 1 amide bonds. The summed E-state index contributed by atoms with van der Waals surface area (Å²) in [5.74, 6) is -2.52. The second-order valence-electron chi connectivity index (χ2n) is 12.4. The van der Waals surface area contributed by atoms with Crippen LogP contribution in [0.3, 0.4) is 0 Å². The second kappa shape index (κ2) is 17.6. The van der Waals surface area contributed by atoms with Crippen molar-refractivity contribution in [2.24, 2.45) is 47.2 Å². The second-order valence-corrected chi connectivity index (χ2v) is 12.4. The molecule has 1 rings (SSSR count). The van der Waals surface area contributed by atoms with Gasteiger partial charge in [0.15, 0.2) is 0 Å². The molecule has 0 aromatic rings. The molecule has 0 unspecified atom stereocenters. The molecular formula is C33H55NO8. The topological polar surface area (TPSA) is 160 Å². The first-order chi connectivity index (χ1) is 19.5. The normalized spacial score (nSPS) is 28.3. The number of primary amides is 1. The van der Waals surface area contributed by atoms with Crippen molar-refractivity contribution in [2.75, 3.05) is 0 Å². The van der Waals surface area contributed by atoms with Crippen LogP contribution in [0.2, 0.25) is 0 Å². The Hall–Kier alpha value is -2.46. The van der Waals surface area contributed by atoms with Gasteiger partial charge in [-0.25, -0.2) is 4.79 Å². The van der Waals surface area contributed by atoms with Crippen molar-refractivity contribution in [2.45, 2.75) is 105 Å². The Bertz CT molecular complexity index is 962. The van der Waals surface area contributed by atoms with Crippen molar-refractivity contribution >= 4 is 12.1 Å². The van der Waals surface area contributed by atoms with Crippen molar-refractivity contribution in [1.82, 2.24) is 0 Å². The Morgan fingerprint density at radius 1 is 1.02 bits per heavy atom. The predicted octanol–water partition coefficient (Wildman–Crippen LogP) is 4.30. The number of hydrogen-bond donors (Lipinski definition) is 5. The Morgan fingerprint density at radius 3 is 2.21 bits per heavy atom. The zero-order valence-electron chi connectivity index (χ0n) is 26.6. The number of esters is 1. The highest BCUT2D eigenvalue weighted by molar-refractivity contribution is 5.73. The molecule has 9 heteroatoms. The highest BCUT2D eigenvalue weighted by Gasteiger charge is 2.41. The number of hydrogen-bond acceptors (Lipinski definition) is 8. The van der Waals surface area contributed by atoms with Crippen LogP contribution < -0.4 is 5.73 Å². The quantitative estimate of drug-likeness (QED) is 0.101. The van der Waals surface area contributed by atoms with Crippen LogP contribution >= 0.6 is 0 Å². The molecule has 6 N–H and O–H groups in total. The lowest BCUT2D eigenvalue weighted by Gasteiger charge is -2.36. The van der Waals surface area contributed by atoms with Crippen LogP contribution in [-0.4, -0.2) is 69.1 Å². The van der Waals surface area contributed by atoms with E-state index >= 15 is 0 Å². The van der Waals surface area contributed by atoms with E-state index in [2.05, 4.69) is 6.58 Å². The lowest BCUT2D eigenvalue weighted by Crippen LogP contribution is -2.47. The average molecular weight is 594 g/mol. The molecule has 9 nitrogen and oxygen atoms in total. The molecule has 0 bridgehead atoms. The fourth-order valence-corrected chi connectivity index (χ4v) is 5.80. The molecule has 0 radical (unpaired) electrons. The molecule has 0 aromatic carbocycles. The van der Waals surface area contributed by atoms with Gasteiger partial charge >= 0.3 is 12.1 Å². The molecule has 0 aromatic heterocycles. The number of aliphatic hydroxyl groups is 4. The third-order valence-electron chi connectivity index (χ3n) is 8.62. The third-order valence-corrected chi connectivity index (χ3v) is 8.62. The van der Waals surface area contributed by atoms with Gasteiger partial charge < -0.3 is 35.6 Å². The van der Waals surface area contributed by atoms with Gasteiger partial charge in [0.05, 0.1) is 30.3 Å². The van der Waals surface area contributed by atoms with E-state index in [-0.39, 0.29) is 41.9 Å². The summed E-state index contributed by atoms with van der Waals surface area (Å²) < 4.78 is 10.8. The maximum absolute atomic E-state index is 12.0. The molecule has 1 heterocycles. The minimum atomic E-state index is -0.894. The lowest BCUT2D eigenvalue weighted by atomic mass is 9.81. The average Bonchev–Trinajstić information content (AvgIpc) is 2.93. The summed E-state index contributed by atoms with van der Waals surface area (Å²) in [5, 5.41) is 42.8. The number of carbonyl (C=O) groups excluding carboxylic acids is 2. The fourth-order valence-electron chi connectivity index (χ4n) is 5.80. The number of cyclic esters (lactones) is 1. The van der Waals surface area contributed by atoms with Crippen LogP contribution in [0.25, 0.3) is 0 Å². The molecule has 0 spiro atoms. The standard InChI is InChI=1S/C33H55NO8/c1-10-11-12-20(4)31(42-33(34)40)24(8)29(37)22(6)16-18(2)15-21(5)28(36)19(3)13-14-26(35)17-27-23(7)30(38)25(9)32(39)41-27/h10-15,19-31,35-38H,1,16-17H2,2-9H3,(H2,34,40)/b12-11-,14-13-,18-15-/t19-,20-,21-,22-,23-,24+,25+,26-,27+,28-,29+,30-,31-/m0/s1. The molecule has 240 valence electrons. The van der Waals surface area contributed by atoms with Gasteiger partial charge in [0, 0.05) is 36.0 Å². The Morgan fingerprint density at radius 2 is 1.64 bits per heavy atom. The highest BCUT2D eigenvalue weighted by Crippen LogP contribution is 2.30. The molecule has 1 aliphatic heterocycles. The van der Waals surface area contributed by atoms with Gasteiger partial charge in [0.25, 0.3) is 0 Å². The van der Waals surface area contributed by atoms with Gasteiger partial charge in [0.2, 0.25) is 0 Å². The molecular weight excluding hydrogens is 538 g/mol. The van der Waals surface area contributed by atoms with E-state index in [0.717, 1.165) is 5.57 Å². The number of nitrogens with two attached hydrogens (primary N) is 1. The van der Waals surface area contributed by atoms with Crippen molar-refractivity contribution in [3.63, 3.8) is 0 Å². The SMILES string of the molecule is C=C/C=C\[C@H](C)[C@H](OC(N)=O)[C@H](C)[C@H](O)[C@@H](C)C/C(C)=C\[C@H](C)[C@@H](O)[C@@H](C)/C=C\[C@H](O)C[C@H]1OC(=O)[C@H](C)[C@@H](O)[C@H]1C. The smallest absolute Gasteiger partial charge is 0.404 e. The van der Waals surface area contributed by atoms with Crippen molar-refractivity contribution < 1.29 is 39.5 Å². The number of amides is 1. The zero-order chi connectivity index (χ0) is 32.3. The first-order valence-corrected chi connectivity index (χ1v) is 15.0. The largest absolute Gasteiger partial charge is 0.462 e. The van der Waals surface area contributed by atoms with Gasteiger partial charge in [-0.15, -0.1) is 0 Å². The highest BCUT2D eigenvalue weighted by atomic mass is 16.6. The summed E-state index contributed by atoms with van der Waals surface area (Å²) in [5.41, 5.74) is 6.30. The van der Waals surface area contributed by atoms with E-state index in [0.29, 0.717) is 6.42 Å². The molecule has 42 heavy (non-hydrogen) atoms. The number of carbonyl (C=O) groups is 2. The monoisotopic (exact) mass is 593 g/mol. The van der Waals surface area contributed by atoms with E-state index in [1.165, 1.54) is 0 Å². The van der Waals surface area contributed by atoms with Crippen molar-refractivity contribution in [3.05, 3.63) is 48.6 Å². The molecule has 1 saturated heterocycles. The predicted molar refractivity (Wildman–Crippen MR) is 164 cm³/mol. The van der Waals surface area contributed by atoms with Crippen LogP contribution in [0.1, 0.15) is 68.2 Å². The van der Waals surface area contributed by atoms with Gasteiger partial charge in [-0.2, -0.15) is 0 Å². The summed E-state index contributed by atoms with van der Waals surface area (Å²) in [6.45, 7) is 18.5. The van der Waals surface area contributed by atoms with Gasteiger partial charge in [0.1, 0.15) is 12.2 Å². The van der Waals surface area contributed by atoms with Crippen molar-refractivity contribution in [3.8, 4) is 0 Å². The molecule has 13 atom stereocenters. The number of aliphatic hydroxyl groups excluding tert-OH is 4. The maximum Gasteiger partial charge on any atom is 0.404 e. The minimum absolute atomic E-state index is 0.152. The van der Waals surface area contributed by atoms with E-state index < -0.39 is 54.6 Å². The van der Waals surface area contributed by atoms with Crippen LogP contribution in [0.15, 0.2) is 48.6 Å². The molecule has 0 aliphatic carbocycles. The summed E-state index contributed by atoms with van der Waals surface area (Å²) >= 11 is 0. The van der Waals surface area contributed by atoms with Crippen LogP contribution in [-0.2, 0) is 14.3 Å². The van der Waals surface area contributed by atoms with Gasteiger partial charge in [-0.3, -0.25) is 4.79 Å². The molecule has 0 saturated carbocycles. The van der Waals surface area contributed by atoms with E-state index in [1.54, 1.807) is 38.2 Å². The van der Waals surface area contributed by atoms with Gasteiger partial charge in [-0.05, 0) is 26.2 Å². The van der Waals surface area contributed by atoms with Crippen LogP contribution in [0.5, 0.6) is 0 Å². The first kappa shape index (κ1) is 37.6. The fraction of sp³-hybridized carbons (Fsp3) is 0.697. The van der Waals surface area contributed by atoms with E-state index in [4.69, 9.17) is 15.2 Å². The van der Waals surface area contributed by atoms with Crippen LogP contribution in [0, 0.1) is 41.4 Å². The maximum atomic E-state index is 12.0. The Kier molecular flexibility index (Phi) is 15.7. The number of allylic oxidation sites excluding steroid dienone is 3. The summed E-state index contributed by atoms with van der Waals surface area (Å²) in [4.78, 5) is 23.5. The van der Waals surface area contributed by atoms with E-state index in [9.17, 15) is 30.0 Å². The van der Waals surface area contributed by atoms with Crippen LogP contribution in [0.4, 0.5) is 4.79 Å². The number of ether oxygens (including phenoxy) is 2. The summed E-state index contributed by atoms with van der Waals surface area (Å²) in [6.07, 6.45) is 6.04. The van der Waals surface area contributed by atoms with Gasteiger partial charge in [-0.1, -0.05) is 90.2 Å². The molecule has 1 aliphatic rings. The summed E-state index contributed by atoms with van der Waals surface area (Å²) in [6, 6.07) is 0. The first-order valence-electron chi connectivity index (χ1n) is 15.0. The van der Waals surface area contributed by atoms with Crippen molar-refractivity contribution in [1.29, 1.82) is 0 Å². The zero-order valence-corrected chi connectivity index (χ0v) is 26.6. The number of rotatable bonds is 16. The summed E-state index contributed by atoms with van der Waals surface area (Å²) in [7, 11) is 0. The lowest BCUT2D eigenvalue weighted by molar-refractivity contribution is -0.179. The Labute approximate surface area is 252 Å². The Balaban J connectivity index is 2.76. The third kappa shape index (κ3) is 11.3.